The van der Waals surface area contributed by atoms with E-state index in [1.807, 2.05) is 24.3 Å². The van der Waals surface area contributed by atoms with Gasteiger partial charge < -0.3 is 14.4 Å². The first-order valence-electron chi connectivity index (χ1n) is 12.3. The number of amides is 3. The Bertz CT molecular complexity index is 1070. The van der Waals surface area contributed by atoms with Gasteiger partial charge in [-0.25, -0.2) is 4.79 Å². The van der Waals surface area contributed by atoms with E-state index < -0.39 is 5.54 Å². The number of carbonyl (C=O) groups is 2. The highest BCUT2D eigenvalue weighted by molar-refractivity contribution is 6.07. The van der Waals surface area contributed by atoms with Crippen molar-refractivity contribution < 1.29 is 19.1 Å². The minimum Gasteiger partial charge on any atom is -0.497 e. The summed E-state index contributed by atoms with van der Waals surface area (Å²) < 4.78 is 10.6. The van der Waals surface area contributed by atoms with Crippen LogP contribution >= 0.6 is 0 Å². The van der Waals surface area contributed by atoms with Crippen LogP contribution in [0.2, 0.25) is 0 Å². The number of hydrogen-bond acceptors (Lipinski definition) is 5. The van der Waals surface area contributed by atoms with E-state index in [0.29, 0.717) is 31.7 Å². The molecule has 0 unspecified atom stereocenters. The summed E-state index contributed by atoms with van der Waals surface area (Å²) in [6, 6.07) is 11.8. The van der Waals surface area contributed by atoms with Crippen molar-refractivity contribution in [3.8, 4) is 5.75 Å². The Labute approximate surface area is 208 Å². The maximum Gasteiger partial charge on any atom is 0.328 e. The van der Waals surface area contributed by atoms with Crippen molar-refractivity contribution in [1.82, 2.24) is 14.7 Å². The van der Waals surface area contributed by atoms with Crippen LogP contribution in [0.4, 0.5) is 4.79 Å². The standard InChI is InChI=1S/C28H37N3O4/c1-20-15-21(2)25(22(3)16-20)19-29-11-9-28(10-12-29)26(32)30(27(33)31(28)13-14-34-4)18-23-7-6-8-24(17-23)35-5/h6-8,15-17H,9-14,18-19H2,1-5H3. The van der Waals surface area contributed by atoms with Crippen LogP contribution in [0.3, 0.4) is 0 Å². The molecule has 1 spiro atoms. The number of benzene rings is 2. The van der Waals surface area contributed by atoms with Crippen LogP contribution in [-0.2, 0) is 22.6 Å². The quantitative estimate of drug-likeness (QED) is 0.534. The Morgan fingerprint density at radius 3 is 2.26 bits per heavy atom. The number of methoxy groups -OCH3 is 2. The molecule has 7 nitrogen and oxygen atoms in total. The normalized spacial score (nSPS) is 18.1. The van der Waals surface area contributed by atoms with Gasteiger partial charge in [0.15, 0.2) is 0 Å². The third kappa shape index (κ3) is 4.93. The second kappa shape index (κ2) is 10.4. The van der Waals surface area contributed by atoms with Crippen molar-refractivity contribution in [3.63, 3.8) is 0 Å². The Hall–Kier alpha value is -2.90. The minimum atomic E-state index is -0.803. The number of carbonyl (C=O) groups excluding carboxylic acids is 2. The lowest BCUT2D eigenvalue weighted by molar-refractivity contribution is -0.136. The number of hydrogen-bond donors (Lipinski definition) is 0. The summed E-state index contributed by atoms with van der Waals surface area (Å²) in [4.78, 5) is 32.9. The lowest BCUT2D eigenvalue weighted by Gasteiger charge is -2.42. The molecule has 3 amide bonds. The number of imide groups is 1. The van der Waals surface area contributed by atoms with Gasteiger partial charge in [-0.3, -0.25) is 14.6 Å². The van der Waals surface area contributed by atoms with Crippen molar-refractivity contribution >= 4 is 11.9 Å². The molecule has 0 atom stereocenters. The molecule has 0 bridgehead atoms. The van der Waals surface area contributed by atoms with Crippen molar-refractivity contribution in [2.24, 2.45) is 0 Å². The second-order valence-electron chi connectivity index (χ2n) is 9.85. The fourth-order valence-electron chi connectivity index (χ4n) is 5.62. The molecule has 0 radical (unpaired) electrons. The molecular weight excluding hydrogens is 442 g/mol. The van der Waals surface area contributed by atoms with Gasteiger partial charge in [-0.2, -0.15) is 0 Å². The van der Waals surface area contributed by atoms with Crippen LogP contribution in [-0.4, -0.2) is 72.6 Å². The zero-order valence-electron chi connectivity index (χ0n) is 21.6. The molecule has 4 rings (SSSR count). The van der Waals surface area contributed by atoms with Crippen LogP contribution in [0.15, 0.2) is 36.4 Å². The van der Waals surface area contributed by atoms with E-state index in [9.17, 15) is 9.59 Å². The Kier molecular flexibility index (Phi) is 7.47. The Balaban J connectivity index is 1.53. The zero-order chi connectivity index (χ0) is 25.2. The molecule has 35 heavy (non-hydrogen) atoms. The monoisotopic (exact) mass is 479 g/mol. The molecule has 0 aliphatic carbocycles. The SMILES string of the molecule is COCCN1C(=O)N(Cc2cccc(OC)c2)C(=O)C12CCN(Cc1c(C)cc(C)cc1C)CC2. The topological polar surface area (TPSA) is 62.3 Å². The smallest absolute Gasteiger partial charge is 0.328 e. The van der Waals surface area contributed by atoms with Gasteiger partial charge >= 0.3 is 6.03 Å². The van der Waals surface area contributed by atoms with E-state index in [2.05, 4.69) is 37.8 Å². The molecule has 2 aromatic rings. The van der Waals surface area contributed by atoms with Crippen LogP contribution in [0, 0.1) is 20.8 Å². The zero-order valence-corrected chi connectivity index (χ0v) is 21.6. The van der Waals surface area contributed by atoms with Crippen molar-refractivity contribution in [1.29, 1.82) is 0 Å². The van der Waals surface area contributed by atoms with Gasteiger partial charge in [0, 0.05) is 33.3 Å². The van der Waals surface area contributed by atoms with Crippen molar-refractivity contribution in [2.75, 3.05) is 40.5 Å². The maximum absolute atomic E-state index is 13.8. The van der Waals surface area contributed by atoms with E-state index >= 15 is 0 Å². The molecule has 2 aliphatic rings. The summed E-state index contributed by atoms with van der Waals surface area (Å²) in [6.45, 7) is 9.91. The Morgan fingerprint density at radius 2 is 1.63 bits per heavy atom. The lowest BCUT2D eigenvalue weighted by Crippen LogP contribution is -2.57. The van der Waals surface area contributed by atoms with Gasteiger partial charge in [0.1, 0.15) is 11.3 Å². The summed E-state index contributed by atoms with van der Waals surface area (Å²) in [7, 11) is 3.23. The fraction of sp³-hybridized carbons (Fsp3) is 0.500. The van der Waals surface area contributed by atoms with Crippen LogP contribution < -0.4 is 4.74 Å². The molecule has 188 valence electrons. The van der Waals surface area contributed by atoms with Crippen molar-refractivity contribution in [3.05, 3.63) is 64.2 Å². The second-order valence-corrected chi connectivity index (χ2v) is 9.85. The number of rotatable bonds is 8. The van der Waals surface area contributed by atoms with Gasteiger partial charge in [-0.05, 0) is 68.0 Å². The third-order valence-corrected chi connectivity index (χ3v) is 7.52. The first kappa shape index (κ1) is 25.2. The van der Waals surface area contributed by atoms with Gasteiger partial charge in [0.25, 0.3) is 5.91 Å². The van der Waals surface area contributed by atoms with Crippen LogP contribution in [0.25, 0.3) is 0 Å². The highest BCUT2D eigenvalue weighted by Crippen LogP contribution is 2.38. The fourth-order valence-corrected chi connectivity index (χ4v) is 5.62. The molecule has 7 heteroatoms. The molecule has 2 heterocycles. The molecule has 2 saturated heterocycles. The van der Waals surface area contributed by atoms with Crippen LogP contribution in [0.5, 0.6) is 5.75 Å². The molecule has 0 N–H and O–H groups in total. The summed E-state index contributed by atoms with van der Waals surface area (Å²) in [5.41, 5.74) is 5.32. The van der Waals surface area contributed by atoms with Crippen LogP contribution in [0.1, 0.15) is 40.7 Å². The van der Waals surface area contributed by atoms with Crippen molar-refractivity contribution in [2.45, 2.75) is 52.2 Å². The summed E-state index contributed by atoms with van der Waals surface area (Å²) in [5, 5.41) is 0. The maximum atomic E-state index is 13.8. The molecule has 2 aliphatic heterocycles. The Morgan fingerprint density at radius 1 is 0.943 bits per heavy atom. The molecule has 2 aromatic carbocycles. The summed E-state index contributed by atoms with van der Waals surface area (Å²) in [5.74, 6) is 0.617. The van der Waals surface area contributed by atoms with Gasteiger partial charge in [0.05, 0.1) is 20.3 Å². The molecule has 0 aromatic heterocycles. The predicted octanol–water partition coefficient (Wildman–Crippen LogP) is 4.07. The van der Waals surface area contributed by atoms with E-state index in [0.717, 1.165) is 25.2 Å². The largest absolute Gasteiger partial charge is 0.497 e. The van der Waals surface area contributed by atoms with E-state index in [4.69, 9.17) is 9.47 Å². The number of ether oxygens (including phenoxy) is 2. The number of aryl methyl sites for hydroxylation is 3. The molecule has 2 fully saturated rings. The third-order valence-electron chi connectivity index (χ3n) is 7.52. The first-order chi connectivity index (χ1) is 16.8. The first-order valence-corrected chi connectivity index (χ1v) is 12.3. The van der Waals surface area contributed by atoms with E-state index in [-0.39, 0.29) is 18.5 Å². The lowest BCUT2D eigenvalue weighted by atomic mass is 9.85. The molecular formula is C28H37N3O4. The number of likely N-dealkylation sites (tertiary alicyclic amines) is 1. The predicted molar refractivity (Wildman–Crippen MR) is 135 cm³/mol. The number of nitrogens with zero attached hydrogens (tertiary/aromatic N) is 3. The minimum absolute atomic E-state index is 0.0937. The highest BCUT2D eigenvalue weighted by Gasteiger charge is 2.57. The van der Waals surface area contributed by atoms with Gasteiger partial charge in [-0.1, -0.05) is 29.8 Å². The average Bonchev–Trinajstić information content (AvgIpc) is 3.02. The van der Waals surface area contributed by atoms with E-state index in [1.165, 1.54) is 27.2 Å². The number of piperidine rings is 1. The van der Waals surface area contributed by atoms with Gasteiger partial charge in [-0.15, -0.1) is 0 Å². The van der Waals surface area contributed by atoms with Gasteiger partial charge in [0.2, 0.25) is 0 Å². The highest BCUT2D eigenvalue weighted by atomic mass is 16.5. The number of urea groups is 1. The van der Waals surface area contributed by atoms with E-state index in [1.54, 1.807) is 19.1 Å². The summed E-state index contributed by atoms with van der Waals surface area (Å²) in [6.07, 6.45) is 1.25. The average molecular weight is 480 g/mol. The molecule has 0 saturated carbocycles. The summed E-state index contributed by atoms with van der Waals surface area (Å²) >= 11 is 0.